The fourth-order valence-electron chi connectivity index (χ4n) is 4.92. The number of fused-ring (bicyclic) bond motifs is 1. The van der Waals surface area contributed by atoms with Gasteiger partial charge in [0.2, 0.25) is 5.95 Å². The van der Waals surface area contributed by atoms with Crippen LogP contribution in [-0.2, 0) is 4.79 Å². The number of ether oxygens (including phenoxy) is 1. The van der Waals surface area contributed by atoms with Crippen LogP contribution in [-0.4, -0.2) is 28.8 Å². The summed E-state index contributed by atoms with van der Waals surface area (Å²) in [5, 5.41) is 6.40. The van der Waals surface area contributed by atoms with E-state index in [0.717, 1.165) is 38.5 Å². The van der Waals surface area contributed by atoms with Crippen LogP contribution in [0.5, 0.6) is 5.75 Å². The van der Waals surface area contributed by atoms with Crippen molar-refractivity contribution in [1.82, 2.24) is 10.2 Å². The summed E-state index contributed by atoms with van der Waals surface area (Å²) in [7, 11) is 0. The molecule has 1 heterocycles. The number of aromatic nitrogens is 2. The second-order valence-corrected chi connectivity index (χ2v) is 10.5. The second kappa shape index (κ2) is 15.3. The lowest BCUT2D eigenvalue weighted by Crippen LogP contribution is -2.10. The number of carbonyl (C=O) groups is 1. The van der Waals surface area contributed by atoms with Gasteiger partial charge >= 0.3 is 6.18 Å². The van der Waals surface area contributed by atoms with Gasteiger partial charge in [-0.25, -0.2) is 0 Å². The Labute approximate surface area is 249 Å². The van der Waals surface area contributed by atoms with Gasteiger partial charge in [0.15, 0.2) is 5.78 Å². The molecular weight excluding hydrogens is 556 g/mol. The standard InChI is InChI=1S/C35H36F4N2O2/c1-2-3-14-28(42)15-10-5-4-6-11-22-43-29-19-16-26(17-20-29)33(27-18-21-32-30(23-27)34(36)41-40-32)31(24-35(37,38)39)25-12-8-7-9-13-25/h7-10,12-13,15-21,23H,2-6,11,14,22,24H2,1H3,(H,40,41)/b15-10+,33-31?. The summed E-state index contributed by atoms with van der Waals surface area (Å²) in [4.78, 5) is 11.7. The van der Waals surface area contributed by atoms with Crippen LogP contribution in [0.4, 0.5) is 17.6 Å². The summed E-state index contributed by atoms with van der Waals surface area (Å²) in [6.07, 6.45) is 4.11. The number of benzene rings is 3. The molecule has 226 valence electrons. The van der Waals surface area contributed by atoms with Crippen molar-refractivity contribution in [3.63, 3.8) is 0 Å². The molecule has 0 bridgehead atoms. The van der Waals surface area contributed by atoms with Gasteiger partial charge in [0.25, 0.3) is 0 Å². The quantitative estimate of drug-likeness (QED) is 0.0647. The number of halogens is 4. The predicted molar refractivity (Wildman–Crippen MR) is 163 cm³/mol. The Balaban J connectivity index is 1.51. The number of ketones is 1. The highest BCUT2D eigenvalue weighted by molar-refractivity contribution is 6.00. The predicted octanol–water partition coefficient (Wildman–Crippen LogP) is 9.87. The molecule has 0 saturated heterocycles. The number of unbranched alkanes of at least 4 members (excludes halogenated alkanes) is 4. The highest BCUT2D eigenvalue weighted by atomic mass is 19.4. The molecule has 0 amide bonds. The van der Waals surface area contributed by atoms with E-state index in [4.69, 9.17) is 4.74 Å². The van der Waals surface area contributed by atoms with Crippen LogP contribution in [0.1, 0.15) is 75.0 Å². The van der Waals surface area contributed by atoms with Crippen molar-refractivity contribution in [3.8, 4) is 5.75 Å². The van der Waals surface area contributed by atoms with E-state index in [9.17, 15) is 22.4 Å². The van der Waals surface area contributed by atoms with Crippen LogP contribution >= 0.6 is 0 Å². The number of aromatic amines is 1. The monoisotopic (exact) mass is 592 g/mol. The van der Waals surface area contributed by atoms with E-state index in [1.807, 2.05) is 6.08 Å². The molecular formula is C35H36F4N2O2. The molecule has 0 aliphatic rings. The molecule has 0 radical (unpaired) electrons. The first-order valence-corrected chi connectivity index (χ1v) is 14.7. The lowest BCUT2D eigenvalue weighted by atomic mass is 9.87. The number of rotatable bonds is 15. The summed E-state index contributed by atoms with van der Waals surface area (Å²) in [6, 6.07) is 20.2. The Hall–Kier alpha value is -4.20. The van der Waals surface area contributed by atoms with Gasteiger partial charge in [-0.1, -0.05) is 68.0 Å². The maximum absolute atomic E-state index is 14.4. The van der Waals surface area contributed by atoms with E-state index >= 15 is 0 Å². The average molecular weight is 593 g/mol. The van der Waals surface area contributed by atoms with Crippen LogP contribution in [0.15, 0.2) is 84.9 Å². The van der Waals surface area contributed by atoms with Gasteiger partial charge in [-0.05, 0) is 90.3 Å². The molecule has 1 aromatic heterocycles. The number of carbonyl (C=O) groups excluding carboxylic acids is 1. The summed E-state index contributed by atoms with van der Waals surface area (Å²) in [5.41, 5.74) is 2.27. The maximum Gasteiger partial charge on any atom is 0.393 e. The summed E-state index contributed by atoms with van der Waals surface area (Å²) >= 11 is 0. The Bertz CT molecular complexity index is 1540. The van der Waals surface area contributed by atoms with Gasteiger partial charge < -0.3 is 4.74 Å². The van der Waals surface area contributed by atoms with Gasteiger partial charge in [-0.2, -0.15) is 22.7 Å². The van der Waals surface area contributed by atoms with E-state index in [2.05, 4.69) is 17.1 Å². The van der Waals surface area contributed by atoms with Crippen molar-refractivity contribution in [1.29, 1.82) is 0 Å². The molecule has 4 aromatic rings. The molecule has 3 aromatic carbocycles. The van der Waals surface area contributed by atoms with Crippen LogP contribution in [0.3, 0.4) is 0 Å². The molecule has 8 heteroatoms. The lowest BCUT2D eigenvalue weighted by molar-refractivity contribution is -0.123. The van der Waals surface area contributed by atoms with Crippen LogP contribution < -0.4 is 4.74 Å². The van der Waals surface area contributed by atoms with Gasteiger partial charge in [0, 0.05) is 6.42 Å². The zero-order chi connectivity index (χ0) is 30.7. The molecule has 0 atom stereocenters. The van der Waals surface area contributed by atoms with Crippen molar-refractivity contribution in [2.24, 2.45) is 0 Å². The molecule has 4 nitrogen and oxygen atoms in total. The van der Waals surface area contributed by atoms with Crippen molar-refractivity contribution in [2.45, 2.75) is 64.5 Å². The minimum atomic E-state index is -4.47. The van der Waals surface area contributed by atoms with Gasteiger partial charge in [-0.15, -0.1) is 0 Å². The summed E-state index contributed by atoms with van der Waals surface area (Å²) in [5.74, 6) is 0.140. The first-order chi connectivity index (χ1) is 20.7. The molecule has 0 unspecified atom stereocenters. The molecule has 4 rings (SSSR count). The second-order valence-electron chi connectivity index (χ2n) is 10.5. The Morgan fingerprint density at radius 2 is 1.65 bits per heavy atom. The minimum Gasteiger partial charge on any atom is -0.494 e. The van der Waals surface area contributed by atoms with Gasteiger partial charge in [0.1, 0.15) is 5.75 Å². The third kappa shape index (κ3) is 9.40. The van der Waals surface area contributed by atoms with E-state index in [-0.39, 0.29) is 16.7 Å². The lowest BCUT2D eigenvalue weighted by Gasteiger charge is -2.19. The van der Waals surface area contributed by atoms with Gasteiger partial charge in [-0.3, -0.25) is 9.89 Å². The SMILES string of the molecule is CCCCC(=O)/C=C/CCCCCOc1ccc(C(=C(CC(F)(F)F)c2ccccc2)c2ccc3n[nH]c(F)c3c2)cc1. The number of alkyl halides is 3. The van der Waals surface area contributed by atoms with Crippen LogP contribution in [0, 0.1) is 5.95 Å². The zero-order valence-electron chi connectivity index (χ0n) is 24.2. The highest BCUT2D eigenvalue weighted by Crippen LogP contribution is 2.40. The van der Waals surface area contributed by atoms with E-state index in [1.165, 1.54) is 6.07 Å². The van der Waals surface area contributed by atoms with Crippen molar-refractivity contribution in [2.75, 3.05) is 6.61 Å². The zero-order valence-corrected chi connectivity index (χ0v) is 24.2. The summed E-state index contributed by atoms with van der Waals surface area (Å²) in [6.45, 7) is 2.57. The van der Waals surface area contributed by atoms with Gasteiger partial charge in [0.05, 0.1) is 23.9 Å². The smallest absolute Gasteiger partial charge is 0.393 e. The molecule has 0 aliphatic heterocycles. The fraction of sp³-hybridized carbons (Fsp3) is 0.314. The maximum atomic E-state index is 14.4. The largest absolute Gasteiger partial charge is 0.494 e. The minimum absolute atomic E-state index is 0.0890. The first-order valence-electron chi connectivity index (χ1n) is 14.7. The Morgan fingerprint density at radius 3 is 2.37 bits per heavy atom. The topological polar surface area (TPSA) is 55.0 Å². The number of H-pyrrole nitrogens is 1. The van der Waals surface area contributed by atoms with E-state index < -0.39 is 18.5 Å². The molecule has 0 fully saturated rings. The molecule has 0 saturated carbocycles. The van der Waals surface area contributed by atoms with Crippen LogP contribution in [0.2, 0.25) is 0 Å². The highest BCUT2D eigenvalue weighted by Gasteiger charge is 2.31. The Morgan fingerprint density at radius 1 is 0.907 bits per heavy atom. The van der Waals surface area contributed by atoms with Crippen molar-refractivity contribution in [3.05, 3.63) is 108 Å². The van der Waals surface area contributed by atoms with Crippen molar-refractivity contribution >= 4 is 27.8 Å². The van der Waals surface area contributed by atoms with E-state index in [0.29, 0.717) is 46.6 Å². The molecule has 0 aliphatic carbocycles. The molecule has 1 N–H and O–H groups in total. The van der Waals surface area contributed by atoms with Crippen LogP contribution in [0.25, 0.3) is 22.0 Å². The number of allylic oxidation sites excluding steroid dienone is 3. The Kier molecular flexibility index (Phi) is 11.3. The number of hydrogen-bond acceptors (Lipinski definition) is 3. The third-order valence-electron chi connectivity index (χ3n) is 7.10. The number of nitrogens with zero attached hydrogens (tertiary/aromatic N) is 1. The molecule has 43 heavy (non-hydrogen) atoms. The summed E-state index contributed by atoms with van der Waals surface area (Å²) < 4.78 is 62.0. The van der Waals surface area contributed by atoms with Crippen molar-refractivity contribution < 1.29 is 27.1 Å². The fourth-order valence-corrected chi connectivity index (χ4v) is 4.92. The normalized spacial score (nSPS) is 12.6. The third-order valence-corrected chi connectivity index (χ3v) is 7.10. The average Bonchev–Trinajstić information content (AvgIpc) is 3.37. The molecule has 0 spiro atoms. The number of hydrogen-bond donors (Lipinski definition) is 1. The first kappa shape index (κ1) is 31.7. The number of nitrogens with one attached hydrogen (secondary N) is 1. The van der Waals surface area contributed by atoms with E-state index in [1.54, 1.807) is 72.8 Å².